The van der Waals surface area contributed by atoms with Gasteiger partial charge < -0.3 is 10.6 Å². The Morgan fingerprint density at radius 2 is 2.07 bits per heavy atom. The van der Waals surface area contributed by atoms with Gasteiger partial charge in [-0.1, -0.05) is 12.1 Å². The van der Waals surface area contributed by atoms with Crippen LogP contribution in [0.1, 0.15) is 38.6 Å². The highest BCUT2D eigenvalue weighted by Gasteiger charge is 2.22. The Bertz CT molecular complexity index is 990. The fraction of sp³-hybridized carbons (Fsp3) is 0.316. The number of nitrogens with zero attached hydrogens (tertiary/aromatic N) is 3. The van der Waals surface area contributed by atoms with Crippen LogP contribution in [0.15, 0.2) is 24.4 Å². The van der Waals surface area contributed by atoms with E-state index in [9.17, 15) is 4.79 Å². The molecule has 0 unspecified atom stereocenters. The van der Waals surface area contributed by atoms with Gasteiger partial charge in [0.05, 0.1) is 23.3 Å². The summed E-state index contributed by atoms with van der Waals surface area (Å²) in [7, 11) is 0. The van der Waals surface area contributed by atoms with Gasteiger partial charge in [0.1, 0.15) is 0 Å². The van der Waals surface area contributed by atoms with E-state index >= 15 is 0 Å². The molecule has 0 atom stereocenters. The maximum Gasteiger partial charge on any atom is 0.276 e. The van der Waals surface area contributed by atoms with E-state index in [0.717, 1.165) is 41.2 Å². The lowest BCUT2D eigenvalue weighted by molar-refractivity contribution is 0.102. The van der Waals surface area contributed by atoms with E-state index < -0.39 is 0 Å². The van der Waals surface area contributed by atoms with Gasteiger partial charge in [0.2, 0.25) is 0 Å². The average Bonchev–Trinajstić information content (AvgIpc) is 3.21. The zero-order chi connectivity index (χ0) is 18.3. The molecule has 3 heterocycles. The number of carbonyl (C=O) groups is 1. The molecule has 0 saturated heterocycles. The van der Waals surface area contributed by atoms with Gasteiger partial charge in [-0.2, -0.15) is 10.2 Å². The highest BCUT2D eigenvalue weighted by molar-refractivity contribution is 6.04. The van der Waals surface area contributed by atoms with Crippen LogP contribution < -0.4 is 10.6 Å². The number of nitrogens with one attached hydrogen (secondary N) is 3. The molecule has 0 aliphatic carbocycles. The Morgan fingerprint density at radius 1 is 1.26 bits per heavy atom. The molecule has 7 nitrogen and oxygen atoms in total. The number of aryl methyl sites for hydroxylation is 2. The quantitative estimate of drug-likeness (QED) is 0.645. The fourth-order valence-corrected chi connectivity index (χ4v) is 3.32. The van der Waals surface area contributed by atoms with Crippen molar-refractivity contribution in [2.75, 3.05) is 11.9 Å². The first kappa shape index (κ1) is 19.1. The van der Waals surface area contributed by atoms with Crippen LogP contribution in [0.5, 0.6) is 0 Å². The maximum absolute atomic E-state index is 12.7. The molecule has 0 saturated carbocycles. The van der Waals surface area contributed by atoms with Crippen LogP contribution in [0.3, 0.4) is 0 Å². The van der Waals surface area contributed by atoms with Crippen LogP contribution in [-0.4, -0.2) is 32.4 Å². The Kier molecular flexibility index (Phi) is 5.34. The first-order valence-electron chi connectivity index (χ1n) is 8.75. The molecule has 0 fully saturated rings. The molecule has 2 aromatic heterocycles. The number of carbonyl (C=O) groups excluding carboxylic acids is 1. The van der Waals surface area contributed by atoms with E-state index in [1.807, 2.05) is 11.6 Å². The molecule has 4 rings (SSSR count). The second kappa shape index (κ2) is 7.54. The van der Waals surface area contributed by atoms with Gasteiger partial charge in [0, 0.05) is 30.8 Å². The van der Waals surface area contributed by atoms with Crippen molar-refractivity contribution in [3.05, 3.63) is 58.2 Å². The number of hydrogen-bond donors (Lipinski definition) is 3. The summed E-state index contributed by atoms with van der Waals surface area (Å²) < 4.78 is 1.86. The maximum atomic E-state index is 12.7. The third kappa shape index (κ3) is 3.48. The zero-order valence-electron chi connectivity index (χ0n) is 15.6. The van der Waals surface area contributed by atoms with Gasteiger partial charge in [-0.3, -0.25) is 9.89 Å². The topological polar surface area (TPSA) is 87.6 Å². The van der Waals surface area contributed by atoms with Crippen molar-refractivity contribution in [3.8, 4) is 5.69 Å². The summed E-state index contributed by atoms with van der Waals surface area (Å²) in [5.74, 6) is -0.213. The monoisotopic (exact) mass is 386 g/mol. The minimum absolute atomic E-state index is 0. The van der Waals surface area contributed by atoms with E-state index in [4.69, 9.17) is 0 Å². The summed E-state index contributed by atoms with van der Waals surface area (Å²) in [6.07, 6.45) is 2.55. The van der Waals surface area contributed by atoms with E-state index in [1.54, 1.807) is 6.20 Å². The molecule has 1 aromatic carbocycles. The first-order chi connectivity index (χ1) is 12.5. The van der Waals surface area contributed by atoms with Crippen molar-refractivity contribution >= 4 is 24.0 Å². The van der Waals surface area contributed by atoms with Crippen LogP contribution in [-0.2, 0) is 13.0 Å². The highest BCUT2D eigenvalue weighted by atomic mass is 35.5. The number of H-pyrrole nitrogens is 1. The van der Waals surface area contributed by atoms with E-state index in [2.05, 4.69) is 58.0 Å². The summed E-state index contributed by atoms with van der Waals surface area (Å²) in [5.41, 5.74) is 7.33. The van der Waals surface area contributed by atoms with Gasteiger partial charge in [-0.05, 0) is 38.0 Å². The summed E-state index contributed by atoms with van der Waals surface area (Å²) in [6.45, 7) is 7.62. The summed E-state index contributed by atoms with van der Waals surface area (Å²) in [6, 6.07) is 6.25. The van der Waals surface area contributed by atoms with Gasteiger partial charge in [0.25, 0.3) is 5.91 Å². The lowest BCUT2D eigenvalue weighted by Gasteiger charge is -2.13. The van der Waals surface area contributed by atoms with E-state index in [-0.39, 0.29) is 18.3 Å². The summed E-state index contributed by atoms with van der Waals surface area (Å²) >= 11 is 0. The number of aromatic nitrogens is 4. The molecular weight excluding hydrogens is 364 g/mol. The molecule has 8 heteroatoms. The Hall–Kier alpha value is -2.64. The minimum Gasteiger partial charge on any atom is -0.318 e. The largest absolute Gasteiger partial charge is 0.318 e. The lowest BCUT2D eigenvalue weighted by Crippen LogP contribution is -2.25. The third-order valence-corrected chi connectivity index (χ3v) is 4.87. The number of amides is 1. The lowest BCUT2D eigenvalue weighted by atomic mass is 10.1. The van der Waals surface area contributed by atoms with E-state index in [0.29, 0.717) is 17.9 Å². The number of hydrogen-bond acceptors (Lipinski definition) is 4. The number of rotatable bonds is 3. The molecule has 1 amide bonds. The predicted molar refractivity (Wildman–Crippen MR) is 107 cm³/mol. The second-order valence-electron chi connectivity index (χ2n) is 6.76. The van der Waals surface area contributed by atoms with Crippen LogP contribution in [0.2, 0.25) is 0 Å². The molecule has 3 N–H and O–H groups in total. The molecule has 142 valence electrons. The average molecular weight is 387 g/mol. The molecule has 1 aliphatic rings. The molecule has 0 spiro atoms. The standard InChI is InChI=1S/C19H22N6O.ClH/c1-11-4-5-12(2)17(8-11)25-13(3)16(10-21-25)22-19(26)18-14-9-20-7-6-15(14)23-24-18;/h4-5,8,10,20H,6-7,9H2,1-3H3,(H,22,26)(H,23,24);1H. The van der Waals surface area contributed by atoms with Crippen molar-refractivity contribution in [2.45, 2.75) is 33.7 Å². The van der Waals surface area contributed by atoms with Crippen molar-refractivity contribution in [1.29, 1.82) is 0 Å². The van der Waals surface area contributed by atoms with Gasteiger partial charge in [-0.25, -0.2) is 4.68 Å². The number of benzene rings is 1. The van der Waals surface area contributed by atoms with Crippen LogP contribution in [0, 0.1) is 20.8 Å². The van der Waals surface area contributed by atoms with Gasteiger partial charge in [0.15, 0.2) is 5.69 Å². The molecule has 0 bridgehead atoms. The SMILES string of the molecule is Cc1ccc(C)c(-n2ncc(NC(=O)c3n[nH]c4c3CNCC4)c2C)c1.Cl. The smallest absolute Gasteiger partial charge is 0.276 e. The van der Waals surface area contributed by atoms with E-state index in [1.165, 1.54) is 5.56 Å². The summed E-state index contributed by atoms with van der Waals surface area (Å²) in [4.78, 5) is 12.7. The first-order valence-corrected chi connectivity index (χ1v) is 8.75. The summed E-state index contributed by atoms with van der Waals surface area (Å²) in [5, 5.41) is 17.9. The third-order valence-electron chi connectivity index (χ3n) is 4.87. The second-order valence-corrected chi connectivity index (χ2v) is 6.76. The van der Waals surface area contributed by atoms with Crippen molar-refractivity contribution in [2.24, 2.45) is 0 Å². The number of anilines is 1. The molecule has 1 aliphatic heterocycles. The highest BCUT2D eigenvalue weighted by Crippen LogP contribution is 2.23. The minimum atomic E-state index is -0.213. The van der Waals surface area contributed by atoms with Gasteiger partial charge >= 0.3 is 0 Å². The zero-order valence-corrected chi connectivity index (χ0v) is 16.4. The van der Waals surface area contributed by atoms with Crippen LogP contribution >= 0.6 is 12.4 Å². The fourth-order valence-electron chi connectivity index (χ4n) is 3.32. The Balaban J connectivity index is 0.00000210. The predicted octanol–water partition coefficient (Wildman–Crippen LogP) is 2.84. The van der Waals surface area contributed by atoms with Crippen molar-refractivity contribution in [3.63, 3.8) is 0 Å². The number of fused-ring (bicyclic) bond motifs is 1. The Morgan fingerprint density at radius 3 is 2.89 bits per heavy atom. The molecule has 27 heavy (non-hydrogen) atoms. The van der Waals surface area contributed by atoms with Crippen molar-refractivity contribution in [1.82, 2.24) is 25.3 Å². The van der Waals surface area contributed by atoms with Crippen LogP contribution in [0.4, 0.5) is 5.69 Å². The van der Waals surface area contributed by atoms with Gasteiger partial charge in [-0.15, -0.1) is 12.4 Å². The number of halogens is 1. The molecule has 0 radical (unpaired) electrons. The normalized spacial score (nSPS) is 13.0. The molecular formula is C19H23ClN6O. The van der Waals surface area contributed by atoms with Crippen LogP contribution in [0.25, 0.3) is 5.69 Å². The molecule has 3 aromatic rings. The number of aromatic amines is 1. The van der Waals surface area contributed by atoms with Crippen molar-refractivity contribution < 1.29 is 4.79 Å². The Labute approximate surface area is 164 Å².